The van der Waals surface area contributed by atoms with Gasteiger partial charge in [-0.1, -0.05) is 0 Å². The summed E-state index contributed by atoms with van der Waals surface area (Å²) in [6, 6.07) is 9.76. The van der Waals surface area contributed by atoms with Crippen molar-refractivity contribution in [2.45, 2.75) is 11.8 Å². The minimum atomic E-state index is -3.83. The summed E-state index contributed by atoms with van der Waals surface area (Å²) in [5.41, 5.74) is 1.03. The molecule has 2 aromatic carbocycles. The van der Waals surface area contributed by atoms with Crippen molar-refractivity contribution in [3.8, 4) is 0 Å². The third kappa shape index (κ3) is 4.20. The molecule has 1 aliphatic rings. The van der Waals surface area contributed by atoms with Gasteiger partial charge in [0.2, 0.25) is 0 Å². The van der Waals surface area contributed by atoms with E-state index in [2.05, 4.69) is 15.4 Å². The van der Waals surface area contributed by atoms with Crippen molar-refractivity contribution in [1.29, 1.82) is 0 Å². The van der Waals surface area contributed by atoms with E-state index in [9.17, 15) is 17.6 Å². The van der Waals surface area contributed by atoms with Gasteiger partial charge in [0.05, 0.1) is 4.90 Å². The fraction of sp³-hybridized carbons (Fsp3) is 0.278. The highest BCUT2D eigenvalue weighted by molar-refractivity contribution is 7.92. The Balaban J connectivity index is 1.65. The van der Waals surface area contributed by atoms with Crippen molar-refractivity contribution in [3.63, 3.8) is 0 Å². The smallest absolute Gasteiger partial charge is 0.261 e. The molecule has 1 fully saturated rings. The van der Waals surface area contributed by atoms with E-state index in [1.165, 1.54) is 31.2 Å². The summed E-state index contributed by atoms with van der Waals surface area (Å²) in [6.45, 7) is 3.93. The Labute approximate surface area is 151 Å². The molecule has 26 heavy (non-hydrogen) atoms. The van der Waals surface area contributed by atoms with Crippen LogP contribution in [-0.4, -0.2) is 34.0 Å². The predicted octanol–water partition coefficient (Wildman–Crippen LogP) is 1.88. The molecule has 6 nitrogen and oxygen atoms in total. The van der Waals surface area contributed by atoms with Gasteiger partial charge in [0, 0.05) is 36.8 Å². The normalized spacial score (nSPS) is 14.5. The average Bonchev–Trinajstić information content (AvgIpc) is 2.56. The van der Waals surface area contributed by atoms with Gasteiger partial charge < -0.3 is 10.6 Å². The maximum Gasteiger partial charge on any atom is 0.261 e. The fourth-order valence-electron chi connectivity index (χ4n) is 2.52. The van der Waals surface area contributed by atoms with Crippen molar-refractivity contribution in [3.05, 3.63) is 59.4 Å². The summed E-state index contributed by atoms with van der Waals surface area (Å²) in [4.78, 5) is 12.0. The first-order chi connectivity index (χ1) is 12.3. The molecule has 0 saturated carbocycles. The van der Waals surface area contributed by atoms with Crippen molar-refractivity contribution in [1.82, 2.24) is 10.6 Å². The molecule has 1 aliphatic heterocycles. The number of halogens is 1. The zero-order valence-electron chi connectivity index (χ0n) is 14.3. The van der Waals surface area contributed by atoms with Crippen LogP contribution in [0.25, 0.3) is 0 Å². The lowest BCUT2D eigenvalue weighted by Crippen LogP contribution is -2.48. The van der Waals surface area contributed by atoms with E-state index >= 15 is 0 Å². The number of benzene rings is 2. The Hall–Kier alpha value is -2.45. The van der Waals surface area contributed by atoms with E-state index in [0.717, 1.165) is 19.2 Å². The lowest BCUT2D eigenvalue weighted by molar-refractivity contribution is 0.0942. The minimum Gasteiger partial charge on any atom is -0.352 e. The van der Waals surface area contributed by atoms with Crippen molar-refractivity contribution < 1.29 is 17.6 Å². The Bertz CT molecular complexity index is 910. The maximum absolute atomic E-state index is 13.3. The summed E-state index contributed by atoms with van der Waals surface area (Å²) < 4.78 is 40.5. The Morgan fingerprint density at radius 3 is 2.46 bits per heavy atom. The van der Waals surface area contributed by atoms with Crippen LogP contribution in [0.5, 0.6) is 0 Å². The van der Waals surface area contributed by atoms with Crippen LogP contribution >= 0.6 is 0 Å². The molecule has 1 amide bonds. The van der Waals surface area contributed by atoms with Crippen LogP contribution in [0.1, 0.15) is 15.9 Å². The number of anilines is 1. The van der Waals surface area contributed by atoms with Gasteiger partial charge in [0.15, 0.2) is 0 Å². The molecule has 3 N–H and O–H groups in total. The Morgan fingerprint density at radius 2 is 1.88 bits per heavy atom. The number of carbonyl (C=O) groups is 1. The number of aryl methyl sites for hydroxylation is 1. The molecule has 1 heterocycles. The summed E-state index contributed by atoms with van der Waals surface area (Å²) in [5, 5.41) is 5.99. The summed E-state index contributed by atoms with van der Waals surface area (Å²) in [6.07, 6.45) is 0. The highest BCUT2D eigenvalue weighted by atomic mass is 32.2. The first-order valence-electron chi connectivity index (χ1n) is 8.23. The topological polar surface area (TPSA) is 87.3 Å². The predicted molar refractivity (Wildman–Crippen MR) is 97.1 cm³/mol. The molecule has 138 valence electrons. The lowest BCUT2D eigenvalue weighted by Gasteiger charge is -2.27. The van der Waals surface area contributed by atoms with Gasteiger partial charge >= 0.3 is 0 Å². The highest BCUT2D eigenvalue weighted by Gasteiger charge is 2.18. The van der Waals surface area contributed by atoms with Gasteiger partial charge in [0.25, 0.3) is 15.9 Å². The summed E-state index contributed by atoms with van der Waals surface area (Å²) in [5.74, 6) is -0.193. The van der Waals surface area contributed by atoms with Gasteiger partial charge in [-0.15, -0.1) is 0 Å². The van der Waals surface area contributed by atoms with E-state index in [1.54, 1.807) is 12.1 Å². The van der Waals surface area contributed by atoms with Gasteiger partial charge in [-0.05, 0) is 55.0 Å². The fourth-order valence-corrected chi connectivity index (χ4v) is 3.66. The van der Waals surface area contributed by atoms with E-state index in [-0.39, 0.29) is 16.4 Å². The van der Waals surface area contributed by atoms with Gasteiger partial charge in [-0.25, -0.2) is 12.8 Å². The second kappa shape index (κ2) is 7.43. The van der Waals surface area contributed by atoms with Crippen LogP contribution in [0, 0.1) is 18.7 Å². The van der Waals surface area contributed by atoms with Gasteiger partial charge in [0.1, 0.15) is 5.82 Å². The molecule has 0 radical (unpaired) electrons. The van der Waals surface area contributed by atoms with Crippen molar-refractivity contribution in [2.24, 2.45) is 5.92 Å². The molecular formula is C18H20FN3O3S. The first-order valence-corrected chi connectivity index (χ1v) is 9.71. The van der Waals surface area contributed by atoms with E-state index < -0.39 is 15.8 Å². The summed E-state index contributed by atoms with van der Waals surface area (Å²) >= 11 is 0. The molecule has 3 rings (SSSR count). The number of hydrogen-bond acceptors (Lipinski definition) is 4. The molecule has 1 saturated heterocycles. The standard InChI is InChI=1S/C18H20FN3O3S/c1-12-8-16(6-7-17(12)19)26(24,25)22-15-4-2-14(3-5-15)18(23)21-11-13-9-20-10-13/h2-8,13,20,22H,9-11H2,1H3,(H,21,23). The van der Waals surface area contributed by atoms with Crippen LogP contribution in [-0.2, 0) is 10.0 Å². The second-order valence-corrected chi connectivity index (χ2v) is 8.01. The number of sulfonamides is 1. The molecule has 0 bridgehead atoms. The van der Waals surface area contributed by atoms with Gasteiger partial charge in [-0.2, -0.15) is 0 Å². The molecule has 2 aromatic rings. The number of nitrogens with one attached hydrogen (secondary N) is 3. The quantitative estimate of drug-likeness (QED) is 0.717. The van der Waals surface area contributed by atoms with Gasteiger partial charge in [-0.3, -0.25) is 9.52 Å². The minimum absolute atomic E-state index is 0.0210. The van der Waals surface area contributed by atoms with Crippen LogP contribution in [0.15, 0.2) is 47.4 Å². The molecule has 0 atom stereocenters. The van der Waals surface area contributed by atoms with Crippen LogP contribution in [0.2, 0.25) is 0 Å². The molecule has 8 heteroatoms. The highest BCUT2D eigenvalue weighted by Crippen LogP contribution is 2.19. The van der Waals surface area contributed by atoms with E-state index in [4.69, 9.17) is 0 Å². The Morgan fingerprint density at radius 1 is 1.19 bits per heavy atom. The van der Waals surface area contributed by atoms with Crippen LogP contribution in [0.4, 0.5) is 10.1 Å². The number of carbonyl (C=O) groups excluding carboxylic acids is 1. The Kier molecular flexibility index (Phi) is 5.24. The van der Waals surface area contributed by atoms with Crippen LogP contribution < -0.4 is 15.4 Å². The SMILES string of the molecule is Cc1cc(S(=O)(=O)Nc2ccc(C(=O)NCC3CNC3)cc2)ccc1F. The summed E-state index contributed by atoms with van der Waals surface area (Å²) in [7, 11) is -3.83. The molecule has 0 unspecified atom stereocenters. The number of hydrogen-bond donors (Lipinski definition) is 3. The molecule has 0 aromatic heterocycles. The third-order valence-corrected chi connectivity index (χ3v) is 5.64. The lowest BCUT2D eigenvalue weighted by atomic mass is 10.0. The molecular weight excluding hydrogens is 357 g/mol. The van der Waals surface area contributed by atoms with Crippen molar-refractivity contribution >= 4 is 21.6 Å². The first kappa shape index (κ1) is 18.3. The molecule has 0 aliphatic carbocycles. The largest absolute Gasteiger partial charge is 0.352 e. The maximum atomic E-state index is 13.3. The van der Waals surface area contributed by atoms with Crippen LogP contribution in [0.3, 0.4) is 0 Å². The van der Waals surface area contributed by atoms with E-state index in [0.29, 0.717) is 23.7 Å². The zero-order valence-corrected chi connectivity index (χ0v) is 15.1. The monoisotopic (exact) mass is 377 g/mol. The number of rotatable bonds is 6. The van der Waals surface area contributed by atoms with Crippen molar-refractivity contribution in [2.75, 3.05) is 24.4 Å². The zero-order chi connectivity index (χ0) is 18.7. The third-order valence-electron chi connectivity index (χ3n) is 4.26. The average molecular weight is 377 g/mol. The number of amides is 1. The second-order valence-electron chi connectivity index (χ2n) is 6.33. The molecule has 0 spiro atoms. The van der Waals surface area contributed by atoms with E-state index in [1.807, 2.05) is 0 Å².